The highest BCUT2D eigenvalue weighted by molar-refractivity contribution is 7.15. The summed E-state index contributed by atoms with van der Waals surface area (Å²) in [5.41, 5.74) is 2.63. The number of aromatic nitrogens is 2. The number of halogens is 3. The van der Waals surface area contributed by atoms with Gasteiger partial charge in [-0.2, -0.15) is 13.2 Å². The molecular formula is C6H6F3N5OS. The molecule has 0 aliphatic carbocycles. The average molecular weight is 253 g/mol. The van der Waals surface area contributed by atoms with E-state index in [1.165, 1.54) is 7.05 Å². The number of nitrogens with zero attached hydrogens (tertiary/aromatic N) is 4. The fourth-order valence-electron chi connectivity index (χ4n) is 1.08. The molecule has 1 aromatic heterocycles. The van der Waals surface area contributed by atoms with Gasteiger partial charge in [-0.1, -0.05) is 11.3 Å². The summed E-state index contributed by atoms with van der Waals surface area (Å²) in [5.74, 6) is 0. The lowest BCUT2D eigenvalue weighted by molar-refractivity contribution is -0.138. The zero-order valence-corrected chi connectivity index (χ0v) is 8.76. The molecule has 6 nitrogen and oxygen atoms in total. The highest BCUT2D eigenvalue weighted by Gasteiger charge is 2.38. The zero-order chi connectivity index (χ0) is 11.9. The van der Waals surface area contributed by atoms with E-state index in [4.69, 9.17) is 0 Å². The first-order valence-corrected chi connectivity index (χ1v) is 4.90. The standard InChI is InChI=1S/C6H6F3N5OS/c1-13-5(15)14(2-10-13)4-12-11-3(16-4)6(7,8)9/h10H,2H2,1H3. The third kappa shape index (κ3) is 1.80. The second kappa shape index (κ2) is 3.56. The van der Waals surface area contributed by atoms with Crippen LogP contribution in [-0.2, 0) is 6.18 Å². The molecule has 2 rings (SSSR count). The molecule has 1 aliphatic heterocycles. The number of alkyl halides is 3. The Bertz CT molecular complexity index is 419. The average Bonchev–Trinajstić information content (AvgIpc) is 2.74. The van der Waals surface area contributed by atoms with Crippen LogP contribution in [-0.4, -0.2) is 35.0 Å². The summed E-state index contributed by atoms with van der Waals surface area (Å²) in [7, 11) is 1.47. The Labute approximate surface area is 91.6 Å². The van der Waals surface area contributed by atoms with E-state index in [0.717, 1.165) is 9.91 Å². The first-order chi connectivity index (χ1) is 7.39. The van der Waals surface area contributed by atoms with Crippen LogP contribution < -0.4 is 10.3 Å². The third-order valence-corrected chi connectivity index (χ3v) is 2.86. The summed E-state index contributed by atoms with van der Waals surface area (Å²) < 4.78 is 36.7. The summed E-state index contributed by atoms with van der Waals surface area (Å²) >= 11 is 0.334. The minimum atomic E-state index is -4.53. The molecule has 16 heavy (non-hydrogen) atoms. The molecule has 88 valence electrons. The summed E-state index contributed by atoms with van der Waals surface area (Å²) in [4.78, 5) is 12.5. The fourth-order valence-corrected chi connectivity index (χ4v) is 1.79. The van der Waals surface area contributed by atoms with Gasteiger partial charge < -0.3 is 0 Å². The van der Waals surface area contributed by atoms with Crippen molar-refractivity contribution in [3.05, 3.63) is 5.01 Å². The SMILES string of the molecule is CN1NCN(c2nnc(C(F)(F)F)s2)C1=O. The first-order valence-electron chi connectivity index (χ1n) is 4.09. The molecule has 10 heteroatoms. The Balaban J connectivity index is 2.23. The van der Waals surface area contributed by atoms with E-state index in [1.54, 1.807) is 0 Å². The molecule has 1 aliphatic rings. The number of urea groups is 1. The van der Waals surface area contributed by atoms with Gasteiger partial charge in [0.2, 0.25) is 10.1 Å². The van der Waals surface area contributed by atoms with Crippen LogP contribution in [0.4, 0.5) is 23.1 Å². The van der Waals surface area contributed by atoms with Crippen LogP contribution in [0, 0.1) is 0 Å². The van der Waals surface area contributed by atoms with Crippen molar-refractivity contribution in [2.24, 2.45) is 0 Å². The maximum atomic E-state index is 12.2. The quantitative estimate of drug-likeness (QED) is 0.807. The zero-order valence-electron chi connectivity index (χ0n) is 7.95. The van der Waals surface area contributed by atoms with Crippen LogP contribution in [0.5, 0.6) is 0 Å². The second-order valence-corrected chi connectivity index (χ2v) is 3.93. The maximum Gasteiger partial charge on any atom is 0.445 e. The van der Waals surface area contributed by atoms with Gasteiger partial charge in [-0.25, -0.2) is 10.2 Å². The molecule has 1 aromatic rings. The Morgan fingerprint density at radius 2 is 2.12 bits per heavy atom. The predicted octanol–water partition coefficient (Wildman–Crippen LogP) is 0.891. The van der Waals surface area contributed by atoms with E-state index in [9.17, 15) is 18.0 Å². The molecule has 0 spiro atoms. The normalized spacial score (nSPS) is 17.4. The number of rotatable bonds is 1. The molecule has 0 atom stereocenters. The van der Waals surface area contributed by atoms with Crippen molar-refractivity contribution in [1.82, 2.24) is 20.6 Å². The van der Waals surface area contributed by atoms with Crippen molar-refractivity contribution in [3.8, 4) is 0 Å². The van der Waals surface area contributed by atoms with Crippen molar-refractivity contribution >= 4 is 22.5 Å². The van der Waals surface area contributed by atoms with Crippen molar-refractivity contribution in [2.75, 3.05) is 18.6 Å². The summed E-state index contributed by atoms with van der Waals surface area (Å²) in [6.07, 6.45) is -4.53. The molecular weight excluding hydrogens is 247 g/mol. The number of hydrogen-bond donors (Lipinski definition) is 1. The van der Waals surface area contributed by atoms with Crippen LogP contribution in [0.25, 0.3) is 0 Å². The van der Waals surface area contributed by atoms with E-state index in [1.807, 2.05) is 0 Å². The molecule has 0 unspecified atom stereocenters. The molecule has 0 saturated carbocycles. The predicted molar refractivity (Wildman–Crippen MR) is 48.6 cm³/mol. The van der Waals surface area contributed by atoms with Crippen molar-refractivity contribution in [2.45, 2.75) is 6.18 Å². The Morgan fingerprint density at radius 1 is 1.44 bits per heavy atom. The largest absolute Gasteiger partial charge is 0.445 e. The van der Waals surface area contributed by atoms with Crippen molar-refractivity contribution < 1.29 is 18.0 Å². The summed E-state index contributed by atoms with van der Waals surface area (Å²) in [6.45, 7) is 0.0851. The number of anilines is 1. The maximum absolute atomic E-state index is 12.2. The van der Waals surface area contributed by atoms with Gasteiger partial charge in [0.05, 0.1) is 6.67 Å². The van der Waals surface area contributed by atoms with E-state index in [2.05, 4.69) is 15.6 Å². The molecule has 2 amide bonds. The van der Waals surface area contributed by atoms with Gasteiger partial charge in [-0.15, -0.1) is 10.2 Å². The minimum absolute atomic E-state index is 0.0748. The number of hydrogen-bond acceptors (Lipinski definition) is 5. The molecule has 2 heterocycles. The van der Waals surface area contributed by atoms with Gasteiger partial charge in [0.1, 0.15) is 0 Å². The molecule has 0 bridgehead atoms. The Morgan fingerprint density at radius 3 is 2.56 bits per heavy atom. The van der Waals surface area contributed by atoms with Gasteiger partial charge in [0, 0.05) is 7.05 Å². The number of nitrogens with one attached hydrogen (secondary N) is 1. The monoisotopic (exact) mass is 253 g/mol. The topological polar surface area (TPSA) is 61.4 Å². The summed E-state index contributed by atoms with van der Waals surface area (Å²) in [5, 5.41) is 6.35. The molecule has 1 saturated heterocycles. The number of carbonyl (C=O) groups excluding carboxylic acids is 1. The highest BCUT2D eigenvalue weighted by atomic mass is 32.1. The first kappa shape index (κ1) is 11.1. The molecule has 1 fully saturated rings. The second-order valence-electron chi connectivity index (χ2n) is 2.97. The van der Waals surface area contributed by atoms with E-state index < -0.39 is 17.2 Å². The minimum Gasteiger partial charge on any atom is -0.261 e. The van der Waals surface area contributed by atoms with Crippen LogP contribution in [0.15, 0.2) is 0 Å². The lowest BCUT2D eigenvalue weighted by atomic mass is 10.7. The Hall–Kier alpha value is -1.42. The molecule has 0 radical (unpaired) electrons. The van der Waals surface area contributed by atoms with Gasteiger partial charge in [0.15, 0.2) is 0 Å². The fraction of sp³-hybridized carbons (Fsp3) is 0.500. The molecule has 1 N–H and O–H groups in total. The number of amides is 2. The van der Waals surface area contributed by atoms with Gasteiger partial charge in [0.25, 0.3) is 0 Å². The van der Waals surface area contributed by atoms with Crippen LogP contribution in [0.2, 0.25) is 0 Å². The van der Waals surface area contributed by atoms with E-state index in [-0.39, 0.29) is 11.8 Å². The van der Waals surface area contributed by atoms with Gasteiger partial charge in [-0.3, -0.25) is 9.91 Å². The lowest BCUT2D eigenvalue weighted by Crippen LogP contribution is -2.31. The van der Waals surface area contributed by atoms with Gasteiger partial charge in [-0.05, 0) is 0 Å². The van der Waals surface area contributed by atoms with Crippen molar-refractivity contribution in [1.29, 1.82) is 0 Å². The van der Waals surface area contributed by atoms with Gasteiger partial charge >= 0.3 is 12.2 Å². The van der Waals surface area contributed by atoms with Crippen LogP contribution in [0.3, 0.4) is 0 Å². The van der Waals surface area contributed by atoms with Crippen molar-refractivity contribution in [3.63, 3.8) is 0 Å². The van der Waals surface area contributed by atoms with Crippen LogP contribution >= 0.6 is 11.3 Å². The highest BCUT2D eigenvalue weighted by Crippen LogP contribution is 2.34. The van der Waals surface area contributed by atoms with E-state index in [0.29, 0.717) is 11.3 Å². The smallest absolute Gasteiger partial charge is 0.261 e. The third-order valence-electron chi connectivity index (χ3n) is 1.87. The number of carbonyl (C=O) groups is 1. The Kier molecular flexibility index (Phi) is 2.46. The summed E-state index contributed by atoms with van der Waals surface area (Å²) in [6, 6.07) is -0.468. The molecule has 0 aromatic carbocycles. The van der Waals surface area contributed by atoms with Crippen LogP contribution in [0.1, 0.15) is 5.01 Å². The number of hydrazine groups is 1. The van der Waals surface area contributed by atoms with E-state index >= 15 is 0 Å². The lowest BCUT2D eigenvalue weighted by Gasteiger charge is -2.09.